The molecule has 5 heterocycles. The van der Waals surface area contributed by atoms with Crippen molar-refractivity contribution in [3.8, 4) is 0 Å². The first-order valence-corrected chi connectivity index (χ1v) is 24.0. The minimum absolute atomic E-state index is 0.0842. The Hall–Kier alpha value is -0.980. The summed E-state index contributed by atoms with van der Waals surface area (Å²) in [5, 5.41) is 108. The minimum atomic E-state index is -1.83. The lowest BCUT2D eigenvalue weighted by Gasteiger charge is -2.70. The highest BCUT2D eigenvalue weighted by Gasteiger charge is 2.81. The van der Waals surface area contributed by atoms with E-state index in [1.807, 2.05) is 6.92 Å². The summed E-state index contributed by atoms with van der Waals surface area (Å²) in [5.41, 5.74) is -0.584. The molecule has 5 saturated heterocycles. The van der Waals surface area contributed by atoms with Gasteiger partial charge in [0.2, 0.25) is 0 Å². The fourth-order valence-corrected chi connectivity index (χ4v) is 15.8. The number of hydrogen-bond acceptors (Lipinski definition) is 18. The number of allylic oxidation sites excluding steroid dienone is 1. The Morgan fingerprint density at radius 1 is 0.692 bits per heavy atom. The zero-order chi connectivity index (χ0) is 47.0. The summed E-state index contributed by atoms with van der Waals surface area (Å²) < 4.78 is 50.8. The lowest BCUT2D eigenvalue weighted by atomic mass is 9.35. The largest absolute Gasteiger partial charge is 0.394 e. The van der Waals surface area contributed by atoms with E-state index < -0.39 is 122 Å². The minimum Gasteiger partial charge on any atom is -0.394 e. The van der Waals surface area contributed by atoms with Gasteiger partial charge in [-0.15, -0.1) is 0 Å². The van der Waals surface area contributed by atoms with Gasteiger partial charge < -0.3 is 89.0 Å². The molecule has 9 rings (SSSR count). The predicted octanol–water partition coefficient (Wildman–Crippen LogP) is -0.0333. The molecule has 2 bridgehead atoms. The molecule has 18 heteroatoms. The molecule has 0 aromatic heterocycles. The molecule has 0 aromatic rings. The molecule has 9 aliphatic rings. The van der Waals surface area contributed by atoms with Gasteiger partial charge in [0.1, 0.15) is 67.1 Å². The smallest absolute Gasteiger partial charge is 0.187 e. The number of ether oxygens (including phenoxy) is 8. The molecule has 5 aliphatic heterocycles. The molecular formula is C47H76O18. The van der Waals surface area contributed by atoms with Crippen molar-refractivity contribution in [2.45, 2.75) is 209 Å². The van der Waals surface area contributed by atoms with Crippen LogP contribution in [-0.2, 0) is 37.9 Å². The van der Waals surface area contributed by atoms with Crippen molar-refractivity contribution >= 4 is 0 Å². The van der Waals surface area contributed by atoms with Crippen molar-refractivity contribution in [2.24, 2.45) is 45.3 Å². The molecule has 25 atom stereocenters. The normalized spacial score (nSPS) is 57.1. The zero-order valence-electron chi connectivity index (χ0n) is 38.8. The third-order valence-corrected chi connectivity index (χ3v) is 18.7. The molecule has 4 aliphatic carbocycles. The van der Waals surface area contributed by atoms with Gasteiger partial charge in [-0.05, 0) is 93.3 Å². The van der Waals surface area contributed by atoms with E-state index in [2.05, 4.69) is 47.6 Å². The number of rotatable bonds is 9. The van der Waals surface area contributed by atoms with Gasteiger partial charge in [-0.1, -0.05) is 39.3 Å². The molecule has 9 fully saturated rings. The van der Waals surface area contributed by atoms with Crippen LogP contribution in [0.2, 0.25) is 0 Å². The first-order chi connectivity index (χ1) is 30.5. The van der Waals surface area contributed by atoms with E-state index in [1.54, 1.807) is 0 Å². The van der Waals surface area contributed by atoms with Crippen LogP contribution in [0, 0.1) is 45.3 Å². The maximum Gasteiger partial charge on any atom is 0.187 e. The van der Waals surface area contributed by atoms with Crippen LogP contribution in [0.15, 0.2) is 11.6 Å². The number of fused-ring (bicyclic) bond motifs is 4. The summed E-state index contributed by atoms with van der Waals surface area (Å²) in [6, 6.07) is 0. The molecule has 0 unspecified atom stereocenters. The van der Waals surface area contributed by atoms with Gasteiger partial charge >= 0.3 is 0 Å². The van der Waals surface area contributed by atoms with Crippen LogP contribution in [0.1, 0.15) is 99.8 Å². The summed E-state index contributed by atoms with van der Waals surface area (Å²) in [4.78, 5) is 0. The molecule has 18 nitrogen and oxygen atoms in total. The molecule has 10 N–H and O–H groups in total. The standard InChI is InChI=1S/C47H76O18/c1-21(2)14-22-15-45(7,57)38-23-8-9-28-43(5)12-11-29(42(3,4)27(43)10-13-44(28,6)46(23)19-47(38,65-22)59-20-46)62-41-37(64-40-35(56)33(54)31(52)26(17-49)61-40)36(24(50)18-58-41)63-39-34(55)32(53)30(51)25(16-48)60-39/h14,22-41,48-57H,8-13,15-20H2,1-7H3/t22-,23-,24+,25+,26-,27+,28-,29+,30-,31-,32-,33-,34-,35+,36-,37+,38+,39+,40-,41-,43+,44-,45+,46+,47+/m1/s1. The second kappa shape index (κ2) is 17.1. The van der Waals surface area contributed by atoms with Crippen LogP contribution >= 0.6 is 0 Å². The summed E-state index contributed by atoms with van der Waals surface area (Å²) in [6.45, 7) is 14.3. The fourth-order valence-electron chi connectivity index (χ4n) is 15.8. The first-order valence-electron chi connectivity index (χ1n) is 24.0. The van der Waals surface area contributed by atoms with Crippen molar-refractivity contribution in [1.82, 2.24) is 0 Å². The van der Waals surface area contributed by atoms with Crippen LogP contribution in [0.25, 0.3) is 0 Å². The van der Waals surface area contributed by atoms with E-state index in [9.17, 15) is 51.1 Å². The van der Waals surface area contributed by atoms with Gasteiger partial charge in [0, 0.05) is 24.2 Å². The summed E-state index contributed by atoms with van der Waals surface area (Å²) in [5.74, 6) is -0.125. The van der Waals surface area contributed by atoms with Crippen LogP contribution in [-0.4, -0.2) is 187 Å². The molecule has 0 aromatic carbocycles. The fraction of sp³-hybridized carbons (Fsp3) is 0.957. The van der Waals surface area contributed by atoms with Crippen LogP contribution in [0.3, 0.4) is 0 Å². The lowest BCUT2D eigenvalue weighted by Crippen LogP contribution is -2.68. The van der Waals surface area contributed by atoms with Crippen LogP contribution < -0.4 is 0 Å². The molecule has 0 amide bonds. The van der Waals surface area contributed by atoms with E-state index in [0.29, 0.717) is 25.4 Å². The first kappa shape index (κ1) is 49.0. The van der Waals surface area contributed by atoms with Gasteiger partial charge in [-0.2, -0.15) is 0 Å². The summed E-state index contributed by atoms with van der Waals surface area (Å²) in [7, 11) is 0. The monoisotopic (exact) mass is 929 g/mol. The number of aliphatic hydroxyl groups excluding tert-OH is 9. The van der Waals surface area contributed by atoms with Gasteiger partial charge in [-0.3, -0.25) is 0 Å². The molecular weight excluding hydrogens is 852 g/mol. The Labute approximate surface area is 381 Å². The van der Waals surface area contributed by atoms with Crippen molar-refractivity contribution in [3.63, 3.8) is 0 Å². The van der Waals surface area contributed by atoms with Crippen molar-refractivity contribution in [1.29, 1.82) is 0 Å². The zero-order valence-corrected chi connectivity index (χ0v) is 38.8. The van der Waals surface area contributed by atoms with E-state index in [-0.39, 0.29) is 46.7 Å². The highest BCUT2D eigenvalue weighted by molar-refractivity contribution is 5.26. The highest BCUT2D eigenvalue weighted by atomic mass is 16.8. The predicted molar refractivity (Wildman–Crippen MR) is 225 cm³/mol. The van der Waals surface area contributed by atoms with E-state index >= 15 is 0 Å². The Morgan fingerprint density at radius 3 is 1.91 bits per heavy atom. The topological polar surface area (TPSA) is 276 Å². The van der Waals surface area contributed by atoms with E-state index in [4.69, 9.17) is 37.9 Å². The Kier molecular flexibility index (Phi) is 12.9. The maximum absolute atomic E-state index is 12.2. The highest BCUT2D eigenvalue weighted by Crippen LogP contribution is 2.80. The average Bonchev–Trinajstić information content (AvgIpc) is 3.76. The van der Waals surface area contributed by atoms with Gasteiger partial charge in [0.25, 0.3) is 0 Å². The average molecular weight is 929 g/mol. The second-order valence-electron chi connectivity index (χ2n) is 23.0. The SMILES string of the molecule is CC(C)=C[C@@H]1C[C@](C)(O)[C@@H]2[C@H]3CC[C@@H]4[C@@]5(C)CC[C@H](O[C@H]6OC[C@H](O)[C@@H](O[C@@H]7O[C@@H](CO)[C@@H](O)[C@@H](O)[C@H]7O)[C@@H]6O[C@H]6O[C@H](CO)[C@@H](O)[C@@H](O)[C@@H]6O)C(C)(C)[C@@H]5CC[C@@]4(C)[C@@]34CO[C@@]2(C4)O1. The molecule has 372 valence electrons. The van der Waals surface area contributed by atoms with Gasteiger partial charge in [-0.25, -0.2) is 0 Å². The Bertz CT molecular complexity index is 1760. The molecule has 65 heavy (non-hydrogen) atoms. The quantitative estimate of drug-likeness (QED) is 0.107. The van der Waals surface area contributed by atoms with E-state index in [0.717, 1.165) is 44.1 Å². The second-order valence-corrected chi connectivity index (χ2v) is 23.0. The van der Waals surface area contributed by atoms with Crippen molar-refractivity contribution in [3.05, 3.63) is 11.6 Å². The van der Waals surface area contributed by atoms with Crippen LogP contribution in [0.5, 0.6) is 0 Å². The van der Waals surface area contributed by atoms with E-state index in [1.165, 1.54) is 0 Å². The Morgan fingerprint density at radius 2 is 1.31 bits per heavy atom. The molecule has 2 spiro atoms. The maximum atomic E-state index is 12.2. The van der Waals surface area contributed by atoms with Crippen molar-refractivity contribution in [2.75, 3.05) is 26.4 Å². The van der Waals surface area contributed by atoms with Gasteiger partial charge in [0.05, 0.1) is 44.2 Å². The number of hydrogen-bond donors (Lipinski definition) is 10. The van der Waals surface area contributed by atoms with Crippen molar-refractivity contribution < 1.29 is 89.0 Å². The van der Waals surface area contributed by atoms with Gasteiger partial charge in [0.15, 0.2) is 24.7 Å². The molecule has 0 radical (unpaired) electrons. The third kappa shape index (κ3) is 7.49. The summed E-state index contributed by atoms with van der Waals surface area (Å²) in [6.07, 6.45) is -14.3. The van der Waals surface area contributed by atoms with Crippen LogP contribution in [0.4, 0.5) is 0 Å². The summed E-state index contributed by atoms with van der Waals surface area (Å²) >= 11 is 0. The third-order valence-electron chi connectivity index (χ3n) is 18.7. The Balaban J connectivity index is 0.978. The number of aliphatic hydroxyl groups is 10. The molecule has 4 saturated carbocycles. The lowest BCUT2D eigenvalue weighted by molar-refractivity contribution is -0.389.